The number of anilines is 1. The lowest BCUT2D eigenvalue weighted by molar-refractivity contribution is -0.129. The Morgan fingerprint density at radius 2 is 1.35 bits per heavy atom. The van der Waals surface area contributed by atoms with Crippen molar-refractivity contribution in [1.82, 2.24) is 44.6 Å². The fourth-order valence-electron chi connectivity index (χ4n) is 9.52. The van der Waals surface area contributed by atoms with E-state index in [4.69, 9.17) is 29.2 Å². The molecule has 0 bridgehead atoms. The number of piperazine rings is 1. The number of carbonyl (C=O) groups excluding carboxylic acids is 2. The Bertz CT molecular complexity index is 2670. The Morgan fingerprint density at radius 1 is 0.738 bits per heavy atom. The number of imidazole rings is 2. The lowest BCUT2D eigenvalue weighted by atomic mass is 10.0. The molecule has 2 aromatic carbocycles. The van der Waals surface area contributed by atoms with E-state index in [2.05, 4.69) is 66.9 Å². The molecule has 3 saturated heterocycles. The third-order valence-corrected chi connectivity index (χ3v) is 13.9. The number of rotatable bonds is 13. The molecule has 6 aromatic rings. The molecule has 340 valence electrons. The number of aromatic nitrogens is 6. The van der Waals surface area contributed by atoms with Crippen LogP contribution >= 0.6 is 0 Å². The third-order valence-electron chi connectivity index (χ3n) is 13.9. The van der Waals surface area contributed by atoms with Crippen LogP contribution in [0.1, 0.15) is 88.7 Å². The summed E-state index contributed by atoms with van der Waals surface area (Å²) < 4.78 is 22.5. The molecule has 0 unspecified atom stereocenters. The van der Waals surface area contributed by atoms with Crippen LogP contribution in [0.15, 0.2) is 73.3 Å². The second-order valence-electron chi connectivity index (χ2n) is 18.5. The summed E-state index contributed by atoms with van der Waals surface area (Å²) in [5.41, 5.74) is 8.89. The molecule has 5 aliphatic rings. The van der Waals surface area contributed by atoms with Crippen molar-refractivity contribution in [3.63, 3.8) is 0 Å². The number of likely N-dealkylation sites (tertiary alicyclic amines) is 1. The second kappa shape index (κ2) is 18.0. The molecule has 15 heteroatoms. The first-order valence-corrected chi connectivity index (χ1v) is 23.4. The normalized spacial score (nSPS) is 21.2. The predicted molar refractivity (Wildman–Crippen MR) is 249 cm³/mol. The minimum Gasteiger partial charge on any atom is -0.497 e. The maximum absolute atomic E-state index is 12.9. The van der Waals surface area contributed by atoms with Crippen molar-refractivity contribution in [1.29, 1.82) is 0 Å². The van der Waals surface area contributed by atoms with Gasteiger partial charge in [-0.3, -0.25) is 9.59 Å². The van der Waals surface area contributed by atoms with Crippen molar-refractivity contribution in [3.05, 3.63) is 84.6 Å². The number of nitrogens with one attached hydrogen (secondary N) is 2. The van der Waals surface area contributed by atoms with Crippen LogP contribution in [0.5, 0.6) is 17.5 Å². The molecule has 2 amide bonds. The van der Waals surface area contributed by atoms with Crippen LogP contribution in [-0.2, 0) is 9.59 Å². The summed E-state index contributed by atoms with van der Waals surface area (Å²) in [4.78, 5) is 47.9. The molecule has 0 spiro atoms. The highest BCUT2D eigenvalue weighted by molar-refractivity contribution is 5.85. The fourth-order valence-corrected chi connectivity index (χ4v) is 9.52. The van der Waals surface area contributed by atoms with Gasteiger partial charge in [-0.15, -0.1) is 0 Å². The van der Waals surface area contributed by atoms with Gasteiger partial charge < -0.3 is 43.8 Å². The largest absolute Gasteiger partial charge is 0.497 e. The van der Waals surface area contributed by atoms with Gasteiger partial charge >= 0.3 is 0 Å². The first-order chi connectivity index (χ1) is 31.6. The number of methoxy groups -OCH3 is 1. The maximum Gasteiger partial charge on any atom is 0.241 e. The van der Waals surface area contributed by atoms with Gasteiger partial charge in [0.1, 0.15) is 29.0 Å². The lowest BCUT2D eigenvalue weighted by Crippen LogP contribution is -2.43. The first-order valence-electron chi connectivity index (χ1n) is 23.4. The zero-order valence-corrected chi connectivity index (χ0v) is 38.1. The number of aryl methyl sites for hydroxylation is 1. The number of ether oxygens (including phenoxy) is 3. The van der Waals surface area contributed by atoms with E-state index < -0.39 is 0 Å². The topological polar surface area (TPSA) is 154 Å². The van der Waals surface area contributed by atoms with Crippen LogP contribution in [0.2, 0.25) is 0 Å². The molecule has 2 saturated carbocycles. The van der Waals surface area contributed by atoms with Crippen molar-refractivity contribution in [2.45, 2.75) is 96.6 Å². The number of carbonyl (C=O) groups is 2. The second-order valence-corrected chi connectivity index (χ2v) is 18.5. The molecule has 5 fully saturated rings. The van der Waals surface area contributed by atoms with Crippen molar-refractivity contribution in [2.75, 3.05) is 51.3 Å². The predicted octanol–water partition coefficient (Wildman–Crippen LogP) is 7.21. The number of hydrogen-bond acceptors (Lipinski definition) is 11. The van der Waals surface area contributed by atoms with Crippen molar-refractivity contribution < 1.29 is 23.8 Å². The molecular weight excluding hydrogens is 821 g/mol. The van der Waals surface area contributed by atoms with E-state index in [0.717, 1.165) is 89.4 Å². The van der Waals surface area contributed by atoms with Crippen molar-refractivity contribution in [3.8, 4) is 28.8 Å². The zero-order valence-electron chi connectivity index (χ0n) is 38.1. The quantitative estimate of drug-likeness (QED) is 0.121. The van der Waals surface area contributed by atoms with Gasteiger partial charge in [0, 0.05) is 93.0 Å². The molecule has 5 atom stereocenters. The zero-order chi connectivity index (χ0) is 44.8. The van der Waals surface area contributed by atoms with Gasteiger partial charge in [-0.1, -0.05) is 24.3 Å². The summed E-state index contributed by atoms with van der Waals surface area (Å²) in [6, 6.07) is 21.6. The SMILES string of the molecule is COc1ccc([C@@H](C)N2C[C@H]([C@@H](C)Oc3nc(C)cc4ncn(C5CC5)c34)CC2=O)cc1.C[C@@H](Oc1nc(-c2ccc(N3CCNCC3)cc2)cc2ncn(C3CC3)c12)[C@H]1CNC(=O)C1. The van der Waals surface area contributed by atoms with Gasteiger partial charge in [0.15, 0.2) is 0 Å². The van der Waals surface area contributed by atoms with Gasteiger partial charge in [0.25, 0.3) is 0 Å². The molecule has 0 radical (unpaired) electrons. The number of fused-ring (bicyclic) bond motifs is 2. The average Bonchev–Trinajstić information content (AvgIpc) is 4.17. The summed E-state index contributed by atoms with van der Waals surface area (Å²) in [5.74, 6) is 2.58. The summed E-state index contributed by atoms with van der Waals surface area (Å²) in [6.07, 6.45) is 9.22. The van der Waals surface area contributed by atoms with Gasteiger partial charge in [0.05, 0.1) is 42.5 Å². The number of amides is 2. The van der Waals surface area contributed by atoms with Gasteiger partial charge in [-0.2, -0.15) is 0 Å². The Morgan fingerprint density at radius 3 is 1.95 bits per heavy atom. The standard InChI is InChI=1S/C25H30N6O2.C25H30N4O3/c1-16(18-12-23(32)27-14-18)33-25-24-22(28-15-31(24)20-6-7-20)13-21(29-25)17-2-4-19(5-3-17)30-10-8-26-9-11-30;1-15-11-22-24(29(14-26-22)20-7-8-20)25(27-15)32-17(3)19-12-23(30)28(13-19)16(2)18-5-9-21(31-4)10-6-18/h2-5,13,15-16,18,20,26H,6-12,14H2,1H3,(H,27,32);5-6,9-11,14,16-17,19-20H,7-8,12-13H2,1-4H3/t16-,18-;16-,17-,19-/m11/s1. The molecule has 2 N–H and O–H groups in total. The van der Waals surface area contributed by atoms with E-state index in [9.17, 15) is 9.59 Å². The number of pyridine rings is 2. The van der Waals surface area contributed by atoms with E-state index in [1.54, 1.807) is 7.11 Å². The number of benzene rings is 2. The summed E-state index contributed by atoms with van der Waals surface area (Å²) in [6.45, 7) is 13.5. The van der Waals surface area contributed by atoms with Crippen LogP contribution in [0.25, 0.3) is 33.3 Å². The minimum absolute atomic E-state index is 0.00528. The Labute approximate surface area is 379 Å². The Hall–Kier alpha value is -6.22. The van der Waals surface area contributed by atoms with E-state index in [1.807, 2.05) is 68.7 Å². The van der Waals surface area contributed by atoms with Gasteiger partial charge in [-0.05, 0) is 95.3 Å². The molecule has 7 heterocycles. The Kier molecular flexibility index (Phi) is 11.8. The molecule has 3 aliphatic heterocycles. The van der Waals surface area contributed by atoms with Crippen LogP contribution in [-0.4, -0.2) is 104 Å². The lowest BCUT2D eigenvalue weighted by Gasteiger charge is -2.29. The van der Waals surface area contributed by atoms with Crippen LogP contribution < -0.4 is 29.7 Å². The summed E-state index contributed by atoms with van der Waals surface area (Å²) >= 11 is 0. The molecule has 2 aliphatic carbocycles. The van der Waals surface area contributed by atoms with Crippen LogP contribution in [0.3, 0.4) is 0 Å². The van der Waals surface area contributed by atoms with Crippen LogP contribution in [0, 0.1) is 18.8 Å². The highest BCUT2D eigenvalue weighted by atomic mass is 16.5. The van der Waals surface area contributed by atoms with Gasteiger partial charge in [0.2, 0.25) is 23.6 Å². The van der Waals surface area contributed by atoms with E-state index in [1.165, 1.54) is 18.5 Å². The maximum atomic E-state index is 12.9. The fraction of sp³-hybridized carbons (Fsp3) is 0.480. The van der Waals surface area contributed by atoms with Crippen molar-refractivity contribution >= 4 is 39.6 Å². The minimum atomic E-state index is -0.132. The molecular formula is C50H60N10O5. The highest BCUT2D eigenvalue weighted by Gasteiger charge is 2.38. The average molecular weight is 881 g/mol. The molecule has 65 heavy (non-hydrogen) atoms. The summed E-state index contributed by atoms with van der Waals surface area (Å²) in [7, 11) is 1.66. The monoisotopic (exact) mass is 880 g/mol. The number of hydrogen-bond donors (Lipinski definition) is 2. The van der Waals surface area contributed by atoms with Crippen molar-refractivity contribution in [2.24, 2.45) is 11.8 Å². The summed E-state index contributed by atoms with van der Waals surface area (Å²) in [5, 5.41) is 6.31. The molecule has 4 aromatic heterocycles. The smallest absolute Gasteiger partial charge is 0.241 e. The number of nitrogens with zero attached hydrogens (tertiary/aromatic N) is 8. The third kappa shape index (κ3) is 9.07. The highest BCUT2D eigenvalue weighted by Crippen LogP contribution is 2.42. The van der Waals surface area contributed by atoms with Gasteiger partial charge in [-0.25, -0.2) is 19.9 Å². The van der Waals surface area contributed by atoms with E-state index in [0.29, 0.717) is 49.8 Å². The first kappa shape index (κ1) is 42.7. The van der Waals surface area contributed by atoms with E-state index in [-0.39, 0.29) is 41.9 Å². The molecule has 11 rings (SSSR count). The van der Waals surface area contributed by atoms with E-state index >= 15 is 0 Å². The Balaban J connectivity index is 0.000000153. The molecule has 15 nitrogen and oxygen atoms in total. The van der Waals surface area contributed by atoms with Crippen LogP contribution in [0.4, 0.5) is 5.69 Å².